The minimum atomic E-state index is -0.301. The fourth-order valence-corrected chi connectivity index (χ4v) is 6.56. The number of nitrogens with zero attached hydrogens (tertiary/aromatic N) is 1. The van der Waals surface area contributed by atoms with Gasteiger partial charge in [-0.1, -0.05) is 105 Å². The number of carbonyl (C=O) groups excluding carboxylic acids is 1. The molecule has 0 aliphatic heterocycles. The van der Waals surface area contributed by atoms with Crippen molar-refractivity contribution in [3.05, 3.63) is 162 Å². The lowest BCUT2D eigenvalue weighted by molar-refractivity contribution is 0.254. The van der Waals surface area contributed by atoms with Gasteiger partial charge < -0.3 is 15.5 Å². The molecule has 234 valence electrons. The molecule has 2 N–H and O–H groups in total. The second-order valence-electron chi connectivity index (χ2n) is 12.6. The van der Waals surface area contributed by atoms with Crippen molar-refractivity contribution in [1.29, 1.82) is 0 Å². The minimum absolute atomic E-state index is 0.0964. The summed E-state index contributed by atoms with van der Waals surface area (Å²) in [7, 11) is 0. The van der Waals surface area contributed by atoms with Gasteiger partial charge >= 0.3 is 6.03 Å². The maximum Gasteiger partial charge on any atom is 0.323 e. The van der Waals surface area contributed by atoms with Crippen LogP contribution in [0.15, 0.2) is 151 Å². The van der Waals surface area contributed by atoms with Crippen LogP contribution in [-0.2, 0) is 5.41 Å². The van der Waals surface area contributed by atoms with Crippen molar-refractivity contribution in [2.75, 3.05) is 10.2 Å². The van der Waals surface area contributed by atoms with Crippen LogP contribution in [0.25, 0.3) is 27.8 Å². The molecule has 0 atom stereocenters. The van der Waals surface area contributed by atoms with E-state index in [1.165, 1.54) is 33.4 Å². The molecule has 0 aromatic heterocycles. The number of benzene rings is 5. The summed E-state index contributed by atoms with van der Waals surface area (Å²) in [5.41, 5.74) is 14.4. The lowest BCUT2D eigenvalue weighted by Gasteiger charge is -2.29. The Morgan fingerprint density at radius 2 is 1.23 bits per heavy atom. The fraction of sp³-hybridized carbons (Fsp3) is 0.140. The van der Waals surface area contributed by atoms with Crippen molar-refractivity contribution in [3.8, 4) is 22.3 Å². The highest BCUT2D eigenvalue weighted by Crippen LogP contribution is 2.49. The van der Waals surface area contributed by atoms with E-state index >= 15 is 0 Å². The number of hydrogen-bond acceptors (Lipinski definition) is 2. The summed E-state index contributed by atoms with van der Waals surface area (Å²) >= 11 is 0. The molecule has 4 nitrogen and oxygen atoms in total. The van der Waals surface area contributed by atoms with Crippen LogP contribution in [0.4, 0.5) is 27.5 Å². The van der Waals surface area contributed by atoms with E-state index in [4.69, 9.17) is 0 Å². The molecule has 0 unspecified atom stereocenters. The van der Waals surface area contributed by atoms with Gasteiger partial charge in [-0.25, -0.2) is 4.79 Å². The van der Waals surface area contributed by atoms with Crippen molar-refractivity contribution in [1.82, 2.24) is 5.32 Å². The third-order valence-corrected chi connectivity index (χ3v) is 8.91. The topological polar surface area (TPSA) is 44.4 Å². The molecule has 2 amide bonds. The van der Waals surface area contributed by atoms with Gasteiger partial charge in [-0.3, -0.25) is 0 Å². The Morgan fingerprint density at radius 3 is 1.77 bits per heavy atom. The molecule has 1 aliphatic rings. The van der Waals surface area contributed by atoms with Gasteiger partial charge in [0, 0.05) is 33.9 Å². The first-order valence-corrected chi connectivity index (χ1v) is 16.0. The number of amides is 2. The summed E-state index contributed by atoms with van der Waals surface area (Å²) in [4.78, 5) is 14.4. The van der Waals surface area contributed by atoms with Gasteiger partial charge in [0.05, 0.1) is 0 Å². The summed E-state index contributed by atoms with van der Waals surface area (Å²) in [6.07, 6.45) is 4.40. The molecule has 0 saturated carbocycles. The molecule has 0 heterocycles. The predicted octanol–water partition coefficient (Wildman–Crippen LogP) is 11.8. The molecule has 0 fully saturated rings. The van der Waals surface area contributed by atoms with Crippen LogP contribution in [0, 0.1) is 0 Å². The highest BCUT2D eigenvalue weighted by atomic mass is 16.2. The molecular weight excluding hydrogens is 574 g/mol. The highest BCUT2D eigenvalue weighted by molar-refractivity contribution is 5.91. The van der Waals surface area contributed by atoms with E-state index in [0.29, 0.717) is 5.70 Å². The van der Waals surface area contributed by atoms with Crippen LogP contribution >= 0.6 is 0 Å². The number of hydrogen-bond donors (Lipinski definition) is 2. The Bertz CT molecular complexity index is 1980. The van der Waals surface area contributed by atoms with Crippen LogP contribution in [0.1, 0.15) is 45.7 Å². The standard InChI is InChI=1S/C43H41N3O/c1-7-11-40-30(4)39-27-26-38(28-41(39)43(40,5)6)46(36-22-16-33(17-23-36)31-12-9-8-10-13-31)37-24-18-34(19-25-37)32-14-20-35(21-15-32)45-42(47)44-29(2)3/h7-28H,2H2,1,3-6H3,(H2,44,45,47)/b11-7-. The van der Waals surface area contributed by atoms with Crippen LogP contribution in [-0.4, -0.2) is 6.03 Å². The molecule has 6 rings (SSSR count). The van der Waals surface area contributed by atoms with Gasteiger partial charge in [-0.05, 0) is 114 Å². The lowest BCUT2D eigenvalue weighted by Crippen LogP contribution is -2.26. The number of fused-ring (bicyclic) bond motifs is 1. The van der Waals surface area contributed by atoms with E-state index in [1.54, 1.807) is 6.92 Å². The zero-order valence-electron chi connectivity index (χ0n) is 27.8. The van der Waals surface area contributed by atoms with Gasteiger partial charge in [-0.2, -0.15) is 0 Å². The van der Waals surface area contributed by atoms with E-state index < -0.39 is 0 Å². The first-order chi connectivity index (χ1) is 22.7. The van der Waals surface area contributed by atoms with E-state index in [2.05, 4.69) is 153 Å². The molecule has 0 spiro atoms. The third-order valence-electron chi connectivity index (χ3n) is 8.91. The Kier molecular flexibility index (Phi) is 8.69. The molecule has 0 bridgehead atoms. The zero-order valence-corrected chi connectivity index (χ0v) is 27.8. The Hall–Kier alpha value is -5.61. The van der Waals surface area contributed by atoms with Crippen molar-refractivity contribution < 1.29 is 4.79 Å². The number of allylic oxidation sites excluding steroid dienone is 5. The number of rotatable bonds is 8. The highest BCUT2D eigenvalue weighted by Gasteiger charge is 2.35. The Morgan fingerprint density at radius 1 is 0.723 bits per heavy atom. The van der Waals surface area contributed by atoms with Crippen LogP contribution in [0.2, 0.25) is 0 Å². The van der Waals surface area contributed by atoms with Gasteiger partial charge in [0.1, 0.15) is 0 Å². The molecule has 47 heavy (non-hydrogen) atoms. The van der Waals surface area contributed by atoms with Crippen LogP contribution < -0.4 is 15.5 Å². The van der Waals surface area contributed by atoms with Crippen molar-refractivity contribution >= 4 is 34.4 Å². The predicted molar refractivity (Wildman–Crippen MR) is 199 cm³/mol. The summed E-state index contributed by atoms with van der Waals surface area (Å²) in [6.45, 7) is 14.4. The van der Waals surface area contributed by atoms with E-state index in [-0.39, 0.29) is 11.4 Å². The number of nitrogens with one attached hydrogen (secondary N) is 2. The number of anilines is 4. The average molecular weight is 616 g/mol. The zero-order chi connectivity index (χ0) is 33.1. The first kappa shape index (κ1) is 31.4. The number of carbonyl (C=O) groups is 1. The summed E-state index contributed by atoms with van der Waals surface area (Å²) in [5, 5.41) is 5.50. The molecule has 0 saturated heterocycles. The number of urea groups is 1. The lowest BCUT2D eigenvalue weighted by atomic mass is 9.81. The van der Waals surface area contributed by atoms with Crippen molar-refractivity contribution in [2.45, 2.75) is 40.0 Å². The molecule has 0 radical (unpaired) electrons. The molecule has 4 heteroatoms. The molecule has 5 aromatic carbocycles. The van der Waals surface area contributed by atoms with E-state index in [1.807, 2.05) is 30.3 Å². The second-order valence-corrected chi connectivity index (χ2v) is 12.6. The van der Waals surface area contributed by atoms with Crippen LogP contribution in [0.5, 0.6) is 0 Å². The molecular formula is C43H41N3O. The Balaban J connectivity index is 1.36. The smallest absolute Gasteiger partial charge is 0.312 e. The average Bonchev–Trinajstić information content (AvgIpc) is 3.26. The SMILES string of the molecule is C=C(C)NC(=O)Nc1ccc(-c2ccc(N(c3ccc(-c4ccccc4)cc3)c3ccc4c(c3)C(C)(C)C(/C=C\C)=C4C)cc2)cc1. The Labute approximate surface area is 278 Å². The van der Waals surface area contributed by atoms with Gasteiger partial charge in [0.15, 0.2) is 0 Å². The largest absolute Gasteiger partial charge is 0.323 e. The molecule has 5 aromatic rings. The van der Waals surface area contributed by atoms with Gasteiger partial charge in [0.25, 0.3) is 0 Å². The summed E-state index contributed by atoms with van der Waals surface area (Å²) in [5.74, 6) is 0. The quantitative estimate of drug-likeness (QED) is 0.182. The second kappa shape index (κ2) is 13.0. The van der Waals surface area contributed by atoms with Gasteiger partial charge in [-0.15, -0.1) is 0 Å². The van der Waals surface area contributed by atoms with Crippen LogP contribution in [0.3, 0.4) is 0 Å². The monoisotopic (exact) mass is 615 g/mol. The maximum absolute atomic E-state index is 12.1. The maximum atomic E-state index is 12.1. The molecule has 1 aliphatic carbocycles. The minimum Gasteiger partial charge on any atom is -0.312 e. The van der Waals surface area contributed by atoms with Crippen molar-refractivity contribution in [2.24, 2.45) is 0 Å². The fourth-order valence-electron chi connectivity index (χ4n) is 6.56. The van der Waals surface area contributed by atoms with Crippen molar-refractivity contribution in [3.63, 3.8) is 0 Å². The summed E-state index contributed by atoms with van der Waals surface area (Å²) in [6, 6.07) is 42.4. The third kappa shape index (κ3) is 6.41. The first-order valence-electron chi connectivity index (χ1n) is 16.0. The van der Waals surface area contributed by atoms with E-state index in [9.17, 15) is 4.79 Å². The van der Waals surface area contributed by atoms with Gasteiger partial charge in [0.2, 0.25) is 0 Å². The van der Waals surface area contributed by atoms with E-state index in [0.717, 1.165) is 33.9 Å². The summed E-state index contributed by atoms with van der Waals surface area (Å²) < 4.78 is 0. The normalized spacial score (nSPS) is 13.4.